The van der Waals surface area contributed by atoms with Gasteiger partial charge >= 0.3 is 0 Å². The smallest absolute Gasteiger partial charge is 0.173 e. The largest absolute Gasteiger partial charge is 0.497 e. The zero-order chi connectivity index (χ0) is 23.5. The van der Waals surface area contributed by atoms with Crippen molar-refractivity contribution in [3.05, 3.63) is 65.0 Å². The fourth-order valence-corrected chi connectivity index (χ4v) is 5.13. The number of ether oxygens (including phenoxy) is 2. The third-order valence-electron chi connectivity index (χ3n) is 7.23. The molecule has 2 aliphatic rings. The Morgan fingerprint density at radius 1 is 1.06 bits per heavy atom. The third-order valence-corrected chi connectivity index (χ3v) is 7.23. The van der Waals surface area contributed by atoms with Crippen molar-refractivity contribution < 1.29 is 9.47 Å². The summed E-state index contributed by atoms with van der Waals surface area (Å²) in [4.78, 5) is 5.00. The minimum atomic E-state index is -0.0249. The number of nitrogens with zero attached hydrogens (tertiary/aromatic N) is 6. The van der Waals surface area contributed by atoms with Crippen molar-refractivity contribution >= 4 is 5.69 Å². The van der Waals surface area contributed by atoms with E-state index in [4.69, 9.17) is 9.47 Å². The Hall–Kier alpha value is -2.97. The van der Waals surface area contributed by atoms with Gasteiger partial charge in [0.1, 0.15) is 5.75 Å². The second kappa shape index (κ2) is 10.1. The summed E-state index contributed by atoms with van der Waals surface area (Å²) in [5, 5.41) is 12.9. The fourth-order valence-electron chi connectivity index (χ4n) is 5.13. The van der Waals surface area contributed by atoms with Gasteiger partial charge in [-0.05, 0) is 72.0 Å². The van der Waals surface area contributed by atoms with E-state index in [2.05, 4.69) is 69.5 Å². The first-order valence-electron chi connectivity index (χ1n) is 12.2. The molecule has 2 atom stereocenters. The standard InChI is InChI=1S/C26H34N6O2/c1-19-6-4-8-24(20(19)2)30-13-15-31(16-14-30)25(21-9-11-22(33-3)12-10-21)26-27-28-29-32(26)18-23-7-5-17-34-23/h4,6,8-12,23,25H,5,7,13-18H2,1-3H3/t23-,25-/m1/s1. The Bertz CT molecular complexity index is 1080. The molecule has 0 N–H and O–H groups in total. The van der Waals surface area contributed by atoms with Crippen LogP contribution >= 0.6 is 0 Å². The average molecular weight is 463 g/mol. The van der Waals surface area contributed by atoms with Crippen LogP contribution < -0.4 is 9.64 Å². The maximum absolute atomic E-state index is 5.87. The lowest BCUT2D eigenvalue weighted by molar-refractivity contribution is 0.0906. The van der Waals surface area contributed by atoms with Gasteiger partial charge in [-0.25, -0.2) is 4.68 Å². The zero-order valence-electron chi connectivity index (χ0n) is 20.4. The van der Waals surface area contributed by atoms with Gasteiger partial charge in [0, 0.05) is 38.5 Å². The van der Waals surface area contributed by atoms with Gasteiger partial charge in [0.05, 0.1) is 25.8 Å². The van der Waals surface area contributed by atoms with Gasteiger partial charge in [0.15, 0.2) is 5.82 Å². The van der Waals surface area contributed by atoms with Crippen LogP contribution in [-0.4, -0.2) is 71.1 Å². The van der Waals surface area contributed by atoms with Crippen LogP contribution in [0.2, 0.25) is 0 Å². The number of rotatable bonds is 7. The van der Waals surface area contributed by atoms with Crippen LogP contribution in [0.3, 0.4) is 0 Å². The molecule has 5 rings (SSSR count). The lowest BCUT2D eigenvalue weighted by Gasteiger charge is -2.40. The molecule has 34 heavy (non-hydrogen) atoms. The van der Waals surface area contributed by atoms with Gasteiger partial charge in [0.2, 0.25) is 0 Å². The highest BCUT2D eigenvalue weighted by Crippen LogP contribution is 2.31. The molecule has 8 heteroatoms. The molecule has 1 aromatic heterocycles. The Labute approximate surface area is 201 Å². The highest BCUT2D eigenvalue weighted by molar-refractivity contribution is 5.56. The van der Waals surface area contributed by atoms with E-state index in [1.54, 1.807) is 7.11 Å². The number of hydrogen-bond donors (Lipinski definition) is 0. The number of hydrogen-bond acceptors (Lipinski definition) is 7. The lowest BCUT2D eigenvalue weighted by atomic mass is 10.0. The second-order valence-electron chi connectivity index (χ2n) is 9.27. The maximum Gasteiger partial charge on any atom is 0.173 e. The van der Waals surface area contributed by atoms with Crippen molar-refractivity contribution in [3.8, 4) is 5.75 Å². The molecule has 2 saturated heterocycles. The van der Waals surface area contributed by atoms with Crippen molar-refractivity contribution in [2.45, 2.75) is 45.4 Å². The summed E-state index contributed by atoms with van der Waals surface area (Å²) in [6, 6.07) is 14.8. The van der Waals surface area contributed by atoms with Crippen LogP contribution in [0.1, 0.15) is 41.4 Å². The lowest BCUT2D eigenvalue weighted by Crippen LogP contribution is -2.48. The first kappa shape index (κ1) is 22.8. The van der Waals surface area contributed by atoms with E-state index >= 15 is 0 Å². The van der Waals surface area contributed by atoms with Crippen LogP contribution in [0.5, 0.6) is 5.75 Å². The minimum absolute atomic E-state index is 0.0249. The molecule has 0 aliphatic carbocycles. The van der Waals surface area contributed by atoms with Gasteiger partial charge in [-0.15, -0.1) is 5.10 Å². The Kier molecular flexibility index (Phi) is 6.78. The molecular weight excluding hydrogens is 428 g/mol. The molecule has 2 fully saturated rings. The number of aromatic nitrogens is 4. The Balaban J connectivity index is 1.40. The molecule has 3 heterocycles. The summed E-state index contributed by atoms with van der Waals surface area (Å²) in [6.07, 6.45) is 2.34. The highest BCUT2D eigenvalue weighted by Gasteiger charge is 2.32. The van der Waals surface area contributed by atoms with Crippen molar-refractivity contribution in [1.82, 2.24) is 25.1 Å². The Morgan fingerprint density at radius 2 is 1.85 bits per heavy atom. The van der Waals surface area contributed by atoms with Crippen LogP contribution in [0.25, 0.3) is 0 Å². The summed E-state index contributed by atoms with van der Waals surface area (Å²) >= 11 is 0. The molecule has 0 radical (unpaired) electrons. The topological polar surface area (TPSA) is 68.5 Å². The quantitative estimate of drug-likeness (QED) is 0.533. The summed E-state index contributed by atoms with van der Waals surface area (Å²) in [7, 11) is 1.70. The number of piperazine rings is 1. The number of aryl methyl sites for hydroxylation is 1. The van der Waals surface area contributed by atoms with Crippen LogP contribution in [0, 0.1) is 13.8 Å². The Morgan fingerprint density at radius 3 is 2.56 bits per heavy atom. The maximum atomic E-state index is 5.87. The van der Waals surface area contributed by atoms with Gasteiger partial charge in [-0.3, -0.25) is 4.90 Å². The van der Waals surface area contributed by atoms with Gasteiger partial charge in [0.25, 0.3) is 0 Å². The molecule has 8 nitrogen and oxygen atoms in total. The van der Waals surface area contributed by atoms with E-state index in [0.717, 1.165) is 57.2 Å². The molecule has 0 bridgehead atoms. The highest BCUT2D eigenvalue weighted by atomic mass is 16.5. The minimum Gasteiger partial charge on any atom is -0.497 e. The van der Waals surface area contributed by atoms with E-state index in [1.807, 2.05) is 16.8 Å². The second-order valence-corrected chi connectivity index (χ2v) is 9.27. The molecule has 0 unspecified atom stereocenters. The van der Waals surface area contributed by atoms with E-state index in [1.165, 1.54) is 22.4 Å². The van der Waals surface area contributed by atoms with Gasteiger partial charge in [-0.1, -0.05) is 24.3 Å². The van der Waals surface area contributed by atoms with Crippen LogP contribution in [0.15, 0.2) is 42.5 Å². The molecule has 0 amide bonds. The first-order chi connectivity index (χ1) is 16.6. The fraction of sp³-hybridized carbons (Fsp3) is 0.500. The summed E-state index contributed by atoms with van der Waals surface area (Å²) < 4.78 is 13.2. The van der Waals surface area contributed by atoms with Crippen molar-refractivity contribution in [2.24, 2.45) is 0 Å². The number of tetrazole rings is 1. The normalized spacial score (nSPS) is 20.0. The number of methoxy groups -OCH3 is 1. The number of benzene rings is 2. The summed E-state index contributed by atoms with van der Waals surface area (Å²) in [6.45, 7) is 9.70. The molecule has 2 aliphatic heterocycles. The van der Waals surface area contributed by atoms with Crippen molar-refractivity contribution in [3.63, 3.8) is 0 Å². The first-order valence-corrected chi connectivity index (χ1v) is 12.2. The van der Waals surface area contributed by atoms with Crippen LogP contribution in [0.4, 0.5) is 5.69 Å². The predicted molar refractivity (Wildman–Crippen MR) is 131 cm³/mol. The van der Waals surface area contributed by atoms with E-state index < -0.39 is 0 Å². The molecule has 2 aromatic carbocycles. The zero-order valence-corrected chi connectivity index (χ0v) is 20.4. The third kappa shape index (κ3) is 4.65. The van der Waals surface area contributed by atoms with E-state index in [-0.39, 0.29) is 12.1 Å². The average Bonchev–Trinajstić information content (AvgIpc) is 3.55. The summed E-state index contributed by atoms with van der Waals surface area (Å²) in [5.41, 5.74) is 5.21. The SMILES string of the molecule is COc1ccc([C@H](c2nnnn2C[C@H]2CCCO2)N2CCN(c3cccc(C)c3C)CC2)cc1. The molecule has 0 saturated carbocycles. The molecule has 3 aromatic rings. The van der Waals surface area contributed by atoms with Gasteiger partial charge in [-0.2, -0.15) is 0 Å². The van der Waals surface area contributed by atoms with E-state index in [0.29, 0.717) is 6.54 Å². The number of anilines is 1. The van der Waals surface area contributed by atoms with Crippen LogP contribution in [-0.2, 0) is 11.3 Å². The molecule has 0 spiro atoms. The van der Waals surface area contributed by atoms with Crippen molar-refractivity contribution in [1.29, 1.82) is 0 Å². The molecule has 180 valence electrons. The van der Waals surface area contributed by atoms with Gasteiger partial charge < -0.3 is 14.4 Å². The summed E-state index contributed by atoms with van der Waals surface area (Å²) in [5.74, 6) is 1.72. The predicted octanol–water partition coefficient (Wildman–Crippen LogP) is 3.39. The van der Waals surface area contributed by atoms with E-state index in [9.17, 15) is 0 Å². The monoisotopic (exact) mass is 462 g/mol. The van der Waals surface area contributed by atoms with Crippen molar-refractivity contribution in [2.75, 3.05) is 44.8 Å². The molecular formula is C26H34N6O2.